The number of carbonyl (C=O) groups is 2. The Morgan fingerprint density at radius 3 is 2.17 bits per heavy atom. The number of phenols is 1. The van der Waals surface area contributed by atoms with Gasteiger partial charge in [-0.3, -0.25) is 14.9 Å². The Morgan fingerprint density at radius 2 is 1.57 bits per heavy atom. The summed E-state index contributed by atoms with van der Waals surface area (Å²) >= 11 is 5.79. The van der Waals surface area contributed by atoms with Crippen LogP contribution in [0.3, 0.4) is 0 Å². The number of aromatic hydroxyl groups is 1. The lowest BCUT2D eigenvalue weighted by atomic mass is 10.1. The highest BCUT2D eigenvalue weighted by molar-refractivity contribution is 6.31. The van der Waals surface area contributed by atoms with Gasteiger partial charge < -0.3 is 14.6 Å². The monoisotopic (exact) mass is 427 g/mol. The summed E-state index contributed by atoms with van der Waals surface area (Å²) < 4.78 is 10.5. The zero-order valence-corrected chi connectivity index (χ0v) is 16.0. The molecule has 0 atom stereocenters. The molecule has 0 aliphatic rings. The summed E-state index contributed by atoms with van der Waals surface area (Å²) in [4.78, 5) is 34.4. The average molecular weight is 428 g/mol. The number of rotatable bonds is 7. The van der Waals surface area contributed by atoms with E-state index >= 15 is 0 Å². The van der Waals surface area contributed by atoms with Crippen LogP contribution in [0, 0.1) is 10.1 Å². The van der Waals surface area contributed by atoms with Gasteiger partial charge in [0.05, 0.1) is 4.92 Å². The van der Waals surface area contributed by atoms with Crippen LogP contribution in [-0.4, -0.2) is 28.4 Å². The van der Waals surface area contributed by atoms with Crippen LogP contribution in [0.4, 0.5) is 5.69 Å². The maximum Gasteiger partial charge on any atom is 0.342 e. The molecule has 0 spiro atoms. The van der Waals surface area contributed by atoms with Gasteiger partial charge in [0.2, 0.25) is 0 Å². The third-order valence-corrected chi connectivity index (χ3v) is 4.21. The Labute approximate surface area is 175 Å². The number of carbonyl (C=O) groups excluding carboxylic acids is 2. The molecule has 0 aliphatic carbocycles. The first kappa shape index (κ1) is 20.8. The molecule has 1 N–H and O–H groups in total. The van der Waals surface area contributed by atoms with Crippen LogP contribution >= 0.6 is 11.6 Å². The number of hydrogen-bond donors (Lipinski definition) is 1. The molecule has 3 aromatic rings. The van der Waals surface area contributed by atoms with Crippen LogP contribution in [0.25, 0.3) is 0 Å². The quantitative estimate of drug-likeness (QED) is 0.249. The van der Waals surface area contributed by atoms with Crippen LogP contribution in [0.15, 0.2) is 66.7 Å². The highest BCUT2D eigenvalue weighted by Crippen LogP contribution is 2.25. The second-order valence-electron chi connectivity index (χ2n) is 6.04. The van der Waals surface area contributed by atoms with Gasteiger partial charge in [-0.15, -0.1) is 0 Å². The molecule has 0 fully saturated rings. The second-order valence-corrected chi connectivity index (χ2v) is 6.47. The summed E-state index contributed by atoms with van der Waals surface area (Å²) in [5.74, 6) is -0.811. The maximum absolute atomic E-state index is 12.2. The summed E-state index contributed by atoms with van der Waals surface area (Å²) in [5, 5.41) is 20.6. The van der Waals surface area contributed by atoms with E-state index < -0.39 is 23.3 Å². The van der Waals surface area contributed by atoms with Crippen molar-refractivity contribution >= 4 is 29.0 Å². The molecule has 0 saturated heterocycles. The number of nitro benzene ring substituents is 1. The summed E-state index contributed by atoms with van der Waals surface area (Å²) in [6, 6.07) is 15.5. The molecular formula is C21H14ClNO7. The normalized spacial score (nSPS) is 10.3. The van der Waals surface area contributed by atoms with Gasteiger partial charge in [-0.1, -0.05) is 11.6 Å². The Balaban J connectivity index is 1.58. The van der Waals surface area contributed by atoms with Crippen molar-refractivity contribution in [2.45, 2.75) is 0 Å². The molecule has 0 bridgehead atoms. The predicted molar refractivity (Wildman–Crippen MR) is 107 cm³/mol. The van der Waals surface area contributed by atoms with Gasteiger partial charge in [-0.2, -0.15) is 0 Å². The van der Waals surface area contributed by atoms with Crippen LogP contribution in [-0.2, 0) is 4.74 Å². The number of nitrogens with zero attached hydrogens (tertiary/aromatic N) is 1. The van der Waals surface area contributed by atoms with Crippen molar-refractivity contribution in [2.24, 2.45) is 0 Å². The molecule has 3 aromatic carbocycles. The van der Waals surface area contributed by atoms with Crippen LogP contribution < -0.4 is 4.74 Å². The molecule has 0 amide bonds. The molecular weight excluding hydrogens is 414 g/mol. The van der Waals surface area contributed by atoms with Crippen molar-refractivity contribution in [1.29, 1.82) is 0 Å². The maximum atomic E-state index is 12.2. The highest BCUT2D eigenvalue weighted by Gasteiger charge is 2.16. The number of non-ortho nitro benzene ring substituents is 1. The van der Waals surface area contributed by atoms with Crippen molar-refractivity contribution < 1.29 is 29.1 Å². The topological polar surface area (TPSA) is 116 Å². The third-order valence-electron chi connectivity index (χ3n) is 3.97. The van der Waals surface area contributed by atoms with Gasteiger partial charge in [0.25, 0.3) is 5.69 Å². The third kappa shape index (κ3) is 5.12. The highest BCUT2D eigenvalue weighted by atomic mass is 35.5. The van der Waals surface area contributed by atoms with Crippen molar-refractivity contribution in [3.05, 3.63) is 93.0 Å². The Kier molecular flexibility index (Phi) is 6.29. The fraction of sp³-hybridized carbons (Fsp3) is 0.0476. The number of benzene rings is 3. The zero-order valence-electron chi connectivity index (χ0n) is 15.3. The van der Waals surface area contributed by atoms with E-state index in [1.165, 1.54) is 54.6 Å². The number of ketones is 1. The summed E-state index contributed by atoms with van der Waals surface area (Å²) in [5.41, 5.74) is 0.0974. The van der Waals surface area contributed by atoms with E-state index in [-0.39, 0.29) is 27.6 Å². The first-order valence-corrected chi connectivity index (χ1v) is 8.92. The summed E-state index contributed by atoms with van der Waals surface area (Å²) in [6.45, 7) is -0.520. The molecule has 3 rings (SSSR count). The summed E-state index contributed by atoms with van der Waals surface area (Å²) in [6.07, 6.45) is 0. The minimum atomic E-state index is -0.874. The molecule has 30 heavy (non-hydrogen) atoms. The SMILES string of the molecule is O=C(COC(=O)c1cc(Cl)ccc1O)c1ccc(Oc2ccc([N+](=O)[O-])cc2)cc1. The molecule has 0 heterocycles. The fourth-order valence-electron chi connectivity index (χ4n) is 2.44. The van der Waals surface area contributed by atoms with E-state index in [4.69, 9.17) is 21.1 Å². The Morgan fingerprint density at radius 1 is 0.967 bits per heavy atom. The number of Topliss-reactive ketones (excluding diaryl/α,β-unsaturated/α-hetero) is 1. The first-order valence-electron chi connectivity index (χ1n) is 8.54. The van der Waals surface area contributed by atoms with Crippen LogP contribution in [0.2, 0.25) is 5.02 Å². The number of phenolic OH excluding ortho intramolecular Hbond substituents is 1. The van der Waals surface area contributed by atoms with Gasteiger partial charge >= 0.3 is 5.97 Å². The molecule has 9 heteroatoms. The summed E-state index contributed by atoms with van der Waals surface area (Å²) in [7, 11) is 0. The van der Waals surface area contributed by atoms with Gasteiger partial charge in [0.15, 0.2) is 12.4 Å². The van der Waals surface area contributed by atoms with Gasteiger partial charge in [0, 0.05) is 22.7 Å². The molecule has 8 nitrogen and oxygen atoms in total. The van der Waals surface area contributed by atoms with E-state index in [9.17, 15) is 24.8 Å². The number of hydrogen-bond acceptors (Lipinski definition) is 7. The lowest BCUT2D eigenvalue weighted by Crippen LogP contribution is -2.14. The lowest BCUT2D eigenvalue weighted by molar-refractivity contribution is -0.384. The van der Waals surface area contributed by atoms with E-state index in [0.717, 1.165) is 0 Å². The fourth-order valence-corrected chi connectivity index (χ4v) is 2.62. The minimum absolute atomic E-state index is 0.0519. The van der Waals surface area contributed by atoms with Crippen LogP contribution in [0.1, 0.15) is 20.7 Å². The largest absolute Gasteiger partial charge is 0.507 e. The van der Waals surface area contributed by atoms with Crippen molar-refractivity contribution in [1.82, 2.24) is 0 Å². The van der Waals surface area contributed by atoms with E-state index in [1.54, 1.807) is 12.1 Å². The van der Waals surface area contributed by atoms with Gasteiger partial charge in [-0.05, 0) is 54.6 Å². The lowest BCUT2D eigenvalue weighted by Gasteiger charge is -2.08. The molecule has 0 radical (unpaired) electrons. The van der Waals surface area contributed by atoms with E-state index in [0.29, 0.717) is 11.5 Å². The second kappa shape index (κ2) is 9.06. The Hall–Kier alpha value is -3.91. The van der Waals surface area contributed by atoms with Gasteiger partial charge in [0.1, 0.15) is 22.8 Å². The van der Waals surface area contributed by atoms with E-state index in [1.807, 2.05) is 0 Å². The van der Waals surface area contributed by atoms with Crippen molar-refractivity contribution in [3.63, 3.8) is 0 Å². The van der Waals surface area contributed by atoms with Crippen molar-refractivity contribution in [3.8, 4) is 17.2 Å². The van der Waals surface area contributed by atoms with Gasteiger partial charge in [-0.25, -0.2) is 4.79 Å². The first-order chi connectivity index (χ1) is 14.3. The molecule has 0 unspecified atom stereocenters. The number of ether oxygens (including phenoxy) is 2. The minimum Gasteiger partial charge on any atom is -0.507 e. The molecule has 0 saturated carbocycles. The zero-order chi connectivity index (χ0) is 21.7. The standard InChI is InChI=1S/C21H14ClNO7/c22-14-3-10-19(24)18(11-14)21(26)29-12-20(25)13-1-6-16(7-2-13)30-17-8-4-15(5-9-17)23(27)28/h1-11,24H,12H2. The molecule has 0 aromatic heterocycles. The molecule has 152 valence electrons. The van der Waals surface area contributed by atoms with Crippen LogP contribution in [0.5, 0.6) is 17.2 Å². The predicted octanol–water partition coefficient (Wildman–Crippen LogP) is 4.79. The number of halogens is 1. The Bertz CT molecular complexity index is 1100. The number of esters is 1. The van der Waals surface area contributed by atoms with E-state index in [2.05, 4.69) is 0 Å². The number of nitro groups is 1. The van der Waals surface area contributed by atoms with Crippen molar-refractivity contribution in [2.75, 3.05) is 6.61 Å². The smallest absolute Gasteiger partial charge is 0.342 e. The molecule has 0 aliphatic heterocycles. The average Bonchev–Trinajstić information content (AvgIpc) is 2.74.